The van der Waals surface area contributed by atoms with Crippen molar-refractivity contribution < 1.29 is 14.3 Å². The molecule has 0 aliphatic heterocycles. The molecule has 0 unspecified atom stereocenters. The molecule has 0 spiro atoms. The van der Waals surface area contributed by atoms with Crippen molar-refractivity contribution >= 4 is 5.97 Å². The first kappa shape index (κ1) is 15.5. The second kappa shape index (κ2) is 6.57. The van der Waals surface area contributed by atoms with E-state index >= 15 is 0 Å². The molecule has 0 saturated carbocycles. The Morgan fingerprint density at radius 2 is 1.79 bits per heavy atom. The third-order valence-corrected chi connectivity index (χ3v) is 3.01. The smallest absolute Gasteiger partial charge is 0.312 e. The van der Waals surface area contributed by atoms with Crippen LogP contribution >= 0.6 is 0 Å². The van der Waals surface area contributed by atoms with Gasteiger partial charge in [-0.25, -0.2) is 0 Å². The van der Waals surface area contributed by atoms with Crippen LogP contribution in [-0.4, -0.2) is 38.7 Å². The fourth-order valence-electron chi connectivity index (χ4n) is 2.11. The average molecular weight is 265 g/mol. The van der Waals surface area contributed by atoms with Gasteiger partial charge in [0.2, 0.25) is 0 Å². The predicted octanol–water partition coefficient (Wildman–Crippen LogP) is 2.33. The van der Waals surface area contributed by atoms with Gasteiger partial charge in [0.15, 0.2) is 0 Å². The summed E-state index contributed by atoms with van der Waals surface area (Å²) in [6.07, 6.45) is 0. The van der Waals surface area contributed by atoms with Crippen molar-refractivity contribution in [3.63, 3.8) is 0 Å². The Labute approximate surface area is 115 Å². The number of hydrogen-bond donors (Lipinski definition) is 0. The predicted molar refractivity (Wildman–Crippen MR) is 75.1 cm³/mol. The van der Waals surface area contributed by atoms with Crippen LogP contribution in [0.25, 0.3) is 0 Å². The van der Waals surface area contributed by atoms with Gasteiger partial charge in [-0.3, -0.25) is 4.79 Å². The molecule has 0 saturated heterocycles. The molecule has 4 nitrogen and oxygen atoms in total. The second-order valence-corrected chi connectivity index (χ2v) is 5.40. The van der Waals surface area contributed by atoms with E-state index in [1.807, 2.05) is 45.2 Å². The normalized spacial score (nSPS) is 11.5. The van der Waals surface area contributed by atoms with E-state index in [0.717, 1.165) is 12.3 Å². The zero-order valence-electron chi connectivity index (χ0n) is 12.4. The van der Waals surface area contributed by atoms with Gasteiger partial charge in [-0.05, 0) is 38.6 Å². The first-order valence-electron chi connectivity index (χ1n) is 6.29. The summed E-state index contributed by atoms with van der Waals surface area (Å²) in [6.45, 7) is 5.21. The van der Waals surface area contributed by atoms with Gasteiger partial charge in [0.1, 0.15) is 5.75 Å². The maximum atomic E-state index is 11.6. The molecule has 0 aromatic heterocycles. The summed E-state index contributed by atoms with van der Waals surface area (Å²) in [4.78, 5) is 13.7. The molecule has 0 atom stereocenters. The number of ether oxygens (including phenoxy) is 2. The quantitative estimate of drug-likeness (QED) is 0.740. The molecule has 0 radical (unpaired) electrons. The Hall–Kier alpha value is -1.55. The summed E-state index contributed by atoms with van der Waals surface area (Å²) in [5, 5.41) is 0. The number of carbonyl (C=O) groups is 1. The van der Waals surface area contributed by atoms with Crippen LogP contribution < -0.4 is 4.74 Å². The molecule has 0 aliphatic rings. The van der Waals surface area contributed by atoms with Crippen LogP contribution in [0.1, 0.15) is 19.4 Å². The summed E-state index contributed by atoms with van der Waals surface area (Å²) >= 11 is 0. The topological polar surface area (TPSA) is 38.8 Å². The Bertz CT molecular complexity index is 412. The van der Waals surface area contributed by atoms with E-state index in [9.17, 15) is 4.79 Å². The van der Waals surface area contributed by atoms with E-state index in [2.05, 4.69) is 4.90 Å². The Morgan fingerprint density at radius 3 is 2.26 bits per heavy atom. The first-order valence-corrected chi connectivity index (χ1v) is 6.29. The van der Waals surface area contributed by atoms with Gasteiger partial charge in [0.25, 0.3) is 0 Å². The molecule has 1 aromatic carbocycles. The zero-order valence-corrected chi connectivity index (χ0v) is 12.4. The first-order chi connectivity index (χ1) is 8.89. The Kier molecular flexibility index (Phi) is 5.36. The molecule has 1 rings (SSSR count). The van der Waals surface area contributed by atoms with Crippen LogP contribution in [0.2, 0.25) is 0 Å². The molecule has 4 heteroatoms. The van der Waals surface area contributed by atoms with Gasteiger partial charge >= 0.3 is 5.97 Å². The lowest BCUT2D eigenvalue weighted by Crippen LogP contribution is -2.37. The van der Waals surface area contributed by atoms with Crippen LogP contribution in [-0.2, 0) is 16.1 Å². The number of carbonyl (C=O) groups excluding carboxylic acids is 1. The second-order valence-electron chi connectivity index (χ2n) is 5.40. The number of rotatable bonds is 6. The minimum absolute atomic E-state index is 0.186. The lowest BCUT2D eigenvalue weighted by molar-refractivity contribution is -0.151. The van der Waals surface area contributed by atoms with Gasteiger partial charge < -0.3 is 14.4 Å². The number of hydrogen-bond acceptors (Lipinski definition) is 4. The molecule has 106 valence electrons. The van der Waals surface area contributed by atoms with Crippen molar-refractivity contribution in [3.05, 3.63) is 29.8 Å². The van der Waals surface area contributed by atoms with Gasteiger partial charge in [0, 0.05) is 13.1 Å². The van der Waals surface area contributed by atoms with Crippen LogP contribution in [0.4, 0.5) is 0 Å². The van der Waals surface area contributed by atoms with Gasteiger partial charge in [-0.1, -0.05) is 12.1 Å². The Balaban J connectivity index is 2.59. The fourth-order valence-corrected chi connectivity index (χ4v) is 2.11. The monoisotopic (exact) mass is 265 g/mol. The maximum absolute atomic E-state index is 11.6. The number of esters is 1. The summed E-state index contributed by atoms with van der Waals surface area (Å²) in [7, 11) is 5.07. The molecule has 0 amide bonds. The molecular weight excluding hydrogens is 242 g/mol. The summed E-state index contributed by atoms with van der Waals surface area (Å²) < 4.78 is 9.94. The largest absolute Gasteiger partial charge is 0.497 e. The van der Waals surface area contributed by atoms with E-state index in [4.69, 9.17) is 9.47 Å². The Morgan fingerprint density at radius 1 is 1.21 bits per heavy atom. The van der Waals surface area contributed by atoms with Crippen molar-refractivity contribution in [2.24, 2.45) is 5.41 Å². The highest BCUT2D eigenvalue weighted by molar-refractivity contribution is 5.76. The van der Waals surface area contributed by atoms with Crippen molar-refractivity contribution in [1.29, 1.82) is 0 Å². The van der Waals surface area contributed by atoms with E-state index < -0.39 is 5.41 Å². The van der Waals surface area contributed by atoms with Crippen molar-refractivity contribution in [2.75, 3.05) is 27.8 Å². The average Bonchev–Trinajstić information content (AvgIpc) is 2.37. The van der Waals surface area contributed by atoms with Gasteiger partial charge in [-0.15, -0.1) is 0 Å². The molecule has 19 heavy (non-hydrogen) atoms. The van der Waals surface area contributed by atoms with Crippen molar-refractivity contribution in [3.8, 4) is 5.75 Å². The van der Waals surface area contributed by atoms with E-state index in [-0.39, 0.29) is 5.97 Å². The van der Waals surface area contributed by atoms with Crippen LogP contribution in [0.15, 0.2) is 24.3 Å². The summed E-state index contributed by atoms with van der Waals surface area (Å²) in [5.74, 6) is 0.662. The number of benzene rings is 1. The molecule has 0 fully saturated rings. The molecule has 0 aliphatic carbocycles. The van der Waals surface area contributed by atoms with Crippen LogP contribution in [0.5, 0.6) is 5.75 Å². The third-order valence-electron chi connectivity index (χ3n) is 3.01. The molecule has 0 N–H and O–H groups in total. The van der Waals surface area contributed by atoms with Crippen LogP contribution in [0.3, 0.4) is 0 Å². The number of nitrogens with zero attached hydrogens (tertiary/aromatic N) is 1. The standard InChI is InChI=1S/C15H23NO3/c1-15(2,14(17)19-5)11-16(3)10-12-6-8-13(18-4)9-7-12/h6-9H,10-11H2,1-5H3. The molecular formula is C15H23NO3. The van der Waals surface area contributed by atoms with E-state index in [0.29, 0.717) is 6.54 Å². The SMILES string of the molecule is COC(=O)C(C)(C)CN(C)Cc1ccc(OC)cc1. The maximum Gasteiger partial charge on any atom is 0.312 e. The lowest BCUT2D eigenvalue weighted by atomic mass is 9.93. The number of methoxy groups -OCH3 is 2. The summed E-state index contributed by atoms with van der Waals surface area (Å²) in [5.41, 5.74) is 0.680. The summed E-state index contributed by atoms with van der Waals surface area (Å²) in [6, 6.07) is 7.93. The van der Waals surface area contributed by atoms with E-state index in [1.54, 1.807) is 7.11 Å². The van der Waals surface area contributed by atoms with E-state index in [1.165, 1.54) is 12.7 Å². The highest BCUT2D eigenvalue weighted by Gasteiger charge is 2.29. The van der Waals surface area contributed by atoms with Gasteiger partial charge in [-0.2, -0.15) is 0 Å². The molecule has 0 heterocycles. The highest BCUT2D eigenvalue weighted by Crippen LogP contribution is 2.20. The fraction of sp³-hybridized carbons (Fsp3) is 0.533. The highest BCUT2D eigenvalue weighted by atomic mass is 16.5. The minimum atomic E-state index is -0.504. The zero-order chi connectivity index (χ0) is 14.5. The van der Waals surface area contributed by atoms with Crippen molar-refractivity contribution in [2.45, 2.75) is 20.4 Å². The molecule has 0 bridgehead atoms. The minimum Gasteiger partial charge on any atom is -0.497 e. The van der Waals surface area contributed by atoms with Crippen molar-refractivity contribution in [1.82, 2.24) is 4.90 Å². The third kappa shape index (κ3) is 4.56. The van der Waals surface area contributed by atoms with Gasteiger partial charge in [0.05, 0.1) is 19.6 Å². The molecule has 1 aromatic rings. The lowest BCUT2D eigenvalue weighted by Gasteiger charge is -2.27. The van der Waals surface area contributed by atoms with Crippen LogP contribution in [0, 0.1) is 5.41 Å².